The molecule has 0 saturated heterocycles. The number of hydrogen-bond acceptors (Lipinski definition) is 5. The SMILES string of the molecule is CCOc1nc(N)nc(-c2c(F)ccc(Br)c2F)n1. The molecule has 0 unspecified atom stereocenters. The minimum atomic E-state index is -0.812. The summed E-state index contributed by atoms with van der Waals surface area (Å²) in [6, 6.07) is 2.27. The Kier molecular flexibility index (Phi) is 3.89. The van der Waals surface area contributed by atoms with Crippen LogP contribution in [-0.2, 0) is 0 Å². The van der Waals surface area contributed by atoms with Gasteiger partial charge in [0.15, 0.2) is 11.6 Å². The van der Waals surface area contributed by atoms with Crippen LogP contribution in [0.2, 0.25) is 0 Å². The van der Waals surface area contributed by atoms with E-state index in [0.717, 1.165) is 6.07 Å². The van der Waals surface area contributed by atoms with Crippen LogP contribution in [0.4, 0.5) is 14.7 Å². The Morgan fingerprint density at radius 3 is 2.68 bits per heavy atom. The lowest BCUT2D eigenvalue weighted by Crippen LogP contribution is -2.06. The predicted octanol–water partition coefficient (Wildman–Crippen LogP) is 2.56. The third-order valence-electron chi connectivity index (χ3n) is 2.17. The second-order valence-corrected chi connectivity index (χ2v) is 4.31. The van der Waals surface area contributed by atoms with Gasteiger partial charge in [0.1, 0.15) is 5.82 Å². The number of ether oxygens (including phenoxy) is 1. The van der Waals surface area contributed by atoms with Crippen LogP contribution in [0.25, 0.3) is 11.4 Å². The number of aromatic nitrogens is 3. The highest BCUT2D eigenvalue weighted by Gasteiger charge is 2.18. The maximum Gasteiger partial charge on any atom is 0.321 e. The molecule has 2 N–H and O–H groups in total. The van der Waals surface area contributed by atoms with E-state index in [4.69, 9.17) is 10.5 Å². The highest BCUT2D eigenvalue weighted by atomic mass is 79.9. The molecular weight excluding hydrogens is 322 g/mol. The van der Waals surface area contributed by atoms with Gasteiger partial charge in [-0.2, -0.15) is 15.0 Å². The predicted molar refractivity (Wildman–Crippen MR) is 68.5 cm³/mol. The van der Waals surface area contributed by atoms with Gasteiger partial charge >= 0.3 is 6.01 Å². The lowest BCUT2D eigenvalue weighted by atomic mass is 10.2. The Morgan fingerprint density at radius 1 is 1.26 bits per heavy atom. The number of halogens is 3. The van der Waals surface area contributed by atoms with E-state index in [1.807, 2.05) is 0 Å². The third kappa shape index (κ3) is 2.78. The number of nitrogens with zero attached hydrogens (tertiary/aromatic N) is 3. The second kappa shape index (κ2) is 5.43. The normalized spacial score (nSPS) is 10.5. The second-order valence-electron chi connectivity index (χ2n) is 3.45. The molecule has 0 spiro atoms. The standard InChI is InChI=1S/C11H9BrF2N4O/c1-2-19-11-17-9(16-10(15)18-11)7-6(13)4-3-5(12)8(7)14/h3-4H,2H2,1H3,(H2,15,16,17,18). The number of anilines is 1. The van der Waals surface area contributed by atoms with Crippen LogP contribution >= 0.6 is 15.9 Å². The highest BCUT2D eigenvalue weighted by Crippen LogP contribution is 2.29. The molecule has 0 aliphatic carbocycles. The van der Waals surface area contributed by atoms with Crippen LogP contribution in [0, 0.1) is 11.6 Å². The topological polar surface area (TPSA) is 73.9 Å². The molecule has 8 heteroatoms. The molecule has 0 bridgehead atoms. The molecule has 5 nitrogen and oxygen atoms in total. The molecule has 0 aliphatic heterocycles. The van der Waals surface area contributed by atoms with Crippen molar-refractivity contribution in [1.29, 1.82) is 0 Å². The molecule has 0 radical (unpaired) electrons. The molecule has 2 aromatic rings. The van der Waals surface area contributed by atoms with E-state index >= 15 is 0 Å². The summed E-state index contributed by atoms with van der Waals surface area (Å²) in [6.45, 7) is 2.02. The number of benzene rings is 1. The van der Waals surface area contributed by atoms with Gasteiger partial charge in [0, 0.05) is 0 Å². The summed E-state index contributed by atoms with van der Waals surface area (Å²) >= 11 is 2.97. The summed E-state index contributed by atoms with van der Waals surface area (Å²) in [5.41, 5.74) is 5.08. The number of nitrogens with two attached hydrogens (primary N) is 1. The first-order valence-corrected chi connectivity index (χ1v) is 6.10. The summed E-state index contributed by atoms with van der Waals surface area (Å²) in [5, 5.41) is 0. The average Bonchev–Trinajstić information content (AvgIpc) is 2.34. The van der Waals surface area contributed by atoms with Crippen molar-refractivity contribution in [3.63, 3.8) is 0 Å². The summed E-state index contributed by atoms with van der Waals surface area (Å²) in [6.07, 6.45) is 0. The van der Waals surface area contributed by atoms with Crippen molar-refractivity contribution < 1.29 is 13.5 Å². The Morgan fingerprint density at radius 2 is 2.00 bits per heavy atom. The van der Waals surface area contributed by atoms with Gasteiger partial charge in [-0.25, -0.2) is 8.78 Å². The first kappa shape index (κ1) is 13.6. The summed E-state index contributed by atoms with van der Waals surface area (Å²) in [7, 11) is 0. The van der Waals surface area contributed by atoms with E-state index in [1.165, 1.54) is 6.07 Å². The first-order chi connectivity index (χ1) is 9.02. The quantitative estimate of drug-likeness (QED) is 0.875. The Balaban J connectivity index is 2.62. The fourth-order valence-electron chi connectivity index (χ4n) is 1.41. The Labute approximate surface area is 116 Å². The number of nitrogen functional groups attached to an aromatic ring is 1. The first-order valence-electron chi connectivity index (χ1n) is 5.31. The smallest absolute Gasteiger partial charge is 0.321 e. The molecule has 1 heterocycles. The molecule has 1 aromatic heterocycles. The van der Waals surface area contributed by atoms with Crippen LogP contribution in [-0.4, -0.2) is 21.6 Å². The minimum absolute atomic E-state index is 0.0798. The minimum Gasteiger partial charge on any atom is -0.464 e. The van der Waals surface area contributed by atoms with Gasteiger partial charge in [-0.05, 0) is 35.0 Å². The molecule has 0 amide bonds. The molecule has 1 aromatic carbocycles. The van der Waals surface area contributed by atoms with Crippen LogP contribution < -0.4 is 10.5 Å². The molecule has 0 fully saturated rings. The van der Waals surface area contributed by atoms with Crippen LogP contribution in [0.3, 0.4) is 0 Å². The van der Waals surface area contributed by atoms with E-state index in [2.05, 4.69) is 30.9 Å². The van der Waals surface area contributed by atoms with E-state index in [9.17, 15) is 8.78 Å². The highest BCUT2D eigenvalue weighted by molar-refractivity contribution is 9.10. The van der Waals surface area contributed by atoms with Crippen molar-refractivity contribution in [3.05, 3.63) is 28.2 Å². The monoisotopic (exact) mass is 330 g/mol. The van der Waals surface area contributed by atoms with Crippen molar-refractivity contribution >= 4 is 21.9 Å². The van der Waals surface area contributed by atoms with Crippen LogP contribution in [0.1, 0.15) is 6.92 Å². The van der Waals surface area contributed by atoms with Gasteiger partial charge < -0.3 is 10.5 Å². The molecule has 0 atom stereocenters. The van der Waals surface area contributed by atoms with Crippen molar-refractivity contribution in [2.75, 3.05) is 12.3 Å². The van der Waals surface area contributed by atoms with E-state index in [-0.39, 0.29) is 27.8 Å². The van der Waals surface area contributed by atoms with Gasteiger partial charge in [0.25, 0.3) is 0 Å². The van der Waals surface area contributed by atoms with Gasteiger partial charge in [-0.1, -0.05) is 0 Å². The zero-order chi connectivity index (χ0) is 14.0. The Bertz CT molecular complexity index is 624. The zero-order valence-electron chi connectivity index (χ0n) is 9.82. The lowest BCUT2D eigenvalue weighted by molar-refractivity contribution is 0.312. The third-order valence-corrected chi connectivity index (χ3v) is 2.79. The largest absolute Gasteiger partial charge is 0.464 e. The van der Waals surface area contributed by atoms with E-state index in [0.29, 0.717) is 6.61 Å². The van der Waals surface area contributed by atoms with Crippen molar-refractivity contribution in [2.45, 2.75) is 6.92 Å². The summed E-state index contributed by atoms with van der Waals surface area (Å²) < 4.78 is 32.8. The molecule has 2 rings (SSSR count). The molecule has 100 valence electrons. The molecule has 0 aliphatic rings. The number of hydrogen-bond donors (Lipinski definition) is 1. The van der Waals surface area contributed by atoms with Crippen LogP contribution in [0.15, 0.2) is 16.6 Å². The molecule has 0 saturated carbocycles. The van der Waals surface area contributed by atoms with Crippen molar-refractivity contribution in [2.24, 2.45) is 0 Å². The summed E-state index contributed by atoms with van der Waals surface area (Å²) in [4.78, 5) is 11.3. The maximum atomic E-state index is 13.9. The van der Waals surface area contributed by atoms with Crippen molar-refractivity contribution in [1.82, 2.24) is 15.0 Å². The van der Waals surface area contributed by atoms with Gasteiger partial charge in [-0.3, -0.25) is 0 Å². The van der Waals surface area contributed by atoms with Gasteiger partial charge in [0.05, 0.1) is 16.6 Å². The lowest BCUT2D eigenvalue weighted by Gasteiger charge is -2.07. The van der Waals surface area contributed by atoms with Gasteiger partial charge in [-0.15, -0.1) is 0 Å². The van der Waals surface area contributed by atoms with Crippen LogP contribution in [0.5, 0.6) is 6.01 Å². The Hall–Kier alpha value is -1.83. The van der Waals surface area contributed by atoms with Crippen molar-refractivity contribution in [3.8, 4) is 17.4 Å². The summed E-state index contributed by atoms with van der Waals surface area (Å²) in [5.74, 6) is -2.00. The molecular formula is C11H9BrF2N4O. The average molecular weight is 331 g/mol. The van der Waals surface area contributed by atoms with E-state index in [1.54, 1.807) is 6.92 Å². The fraction of sp³-hybridized carbons (Fsp3) is 0.182. The maximum absolute atomic E-state index is 13.9. The molecule has 19 heavy (non-hydrogen) atoms. The fourth-order valence-corrected chi connectivity index (χ4v) is 1.74. The van der Waals surface area contributed by atoms with Gasteiger partial charge in [0.2, 0.25) is 5.95 Å². The van der Waals surface area contributed by atoms with E-state index < -0.39 is 11.6 Å². The number of rotatable bonds is 3. The zero-order valence-corrected chi connectivity index (χ0v) is 11.4.